The Bertz CT molecular complexity index is 502. The molecule has 5 heteroatoms. The first kappa shape index (κ1) is 16.6. The molecule has 1 heterocycles. The molecule has 22 heavy (non-hydrogen) atoms. The van der Waals surface area contributed by atoms with E-state index in [1.165, 1.54) is 0 Å². The van der Waals surface area contributed by atoms with Crippen LogP contribution in [-0.2, 0) is 11.3 Å². The summed E-state index contributed by atoms with van der Waals surface area (Å²) in [7, 11) is 3.49. The Morgan fingerprint density at radius 3 is 2.64 bits per heavy atom. The molecule has 0 spiro atoms. The van der Waals surface area contributed by atoms with Crippen LogP contribution in [0.3, 0.4) is 0 Å². The standard InChI is InChI=1S/C17H26N2O3/c1-12-8-14(9-13(2)16(12)21-4)11-19(3)17(20)18-10-15-6-5-7-22-15/h8-9,15H,5-7,10-11H2,1-4H3,(H,18,20). The third kappa shape index (κ3) is 4.13. The highest BCUT2D eigenvalue weighted by molar-refractivity contribution is 5.73. The van der Waals surface area contributed by atoms with Crippen molar-refractivity contribution in [3.05, 3.63) is 28.8 Å². The van der Waals surface area contributed by atoms with Gasteiger partial charge in [0.25, 0.3) is 0 Å². The van der Waals surface area contributed by atoms with Crippen molar-refractivity contribution in [3.63, 3.8) is 0 Å². The van der Waals surface area contributed by atoms with Gasteiger partial charge in [-0.15, -0.1) is 0 Å². The quantitative estimate of drug-likeness (QED) is 0.910. The van der Waals surface area contributed by atoms with E-state index in [1.807, 2.05) is 13.8 Å². The molecule has 1 N–H and O–H groups in total. The summed E-state index contributed by atoms with van der Waals surface area (Å²) in [5.41, 5.74) is 3.28. The summed E-state index contributed by atoms with van der Waals surface area (Å²) in [6.45, 7) is 6.01. The summed E-state index contributed by atoms with van der Waals surface area (Å²) in [4.78, 5) is 13.8. The van der Waals surface area contributed by atoms with E-state index in [2.05, 4.69) is 17.4 Å². The molecule has 1 unspecified atom stereocenters. The predicted molar refractivity (Wildman–Crippen MR) is 86.3 cm³/mol. The molecule has 1 aliphatic heterocycles. The molecule has 1 atom stereocenters. The Hall–Kier alpha value is -1.75. The van der Waals surface area contributed by atoms with Gasteiger partial charge in [-0.2, -0.15) is 0 Å². The highest BCUT2D eigenvalue weighted by Crippen LogP contribution is 2.24. The van der Waals surface area contributed by atoms with E-state index in [-0.39, 0.29) is 12.1 Å². The molecule has 1 aromatic carbocycles. The van der Waals surface area contributed by atoms with Gasteiger partial charge in [-0.25, -0.2) is 4.79 Å². The molecular weight excluding hydrogens is 280 g/mol. The van der Waals surface area contributed by atoms with Gasteiger partial charge in [0.15, 0.2) is 0 Å². The lowest BCUT2D eigenvalue weighted by Crippen LogP contribution is -2.40. The predicted octanol–water partition coefficient (Wildman–Crippen LogP) is 2.63. The summed E-state index contributed by atoms with van der Waals surface area (Å²) in [5.74, 6) is 0.911. The lowest BCUT2D eigenvalue weighted by Gasteiger charge is -2.20. The SMILES string of the molecule is COc1c(C)cc(CN(C)C(=O)NCC2CCCO2)cc1C. The normalized spacial score (nSPS) is 17.4. The molecule has 0 aliphatic carbocycles. The van der Waals surface area contributed by atoms with E-state index >= 15 is 0 Å². The summed E-state index contributed by atoms with van der Waals surface area (Å²) in [5, 5.41) is 2.93. The number of carbonyl (C=O) groups is 1. The maximum Gasteiger partial charge on any atom is 0.317 e. The first-order valence-electron chi connectivity index (χ1n) is 7.76. The fraction of sp³-hybridized carbons (Fsp3) is 0.588. The van der Waals surface area contributed by atoms with E-state index in [9.17, 15) is 4.79 Å². The van der Waals surface area contributed by atoms with Crippen LogP contribution in [0.2, 0.25) is 0 Å². The lowest BCUT2D eigenvalue weighted by atomic mass is 10.1. The van der Waals surface area contributed by atoms with Gasteiger partial charge in [0.1, 0.15) is 5.75 Å². The highest BCUT2D eigenvalue weighted by atomic mass is 16.5. The zero-order valence-electron chi connectivity index (χ0n) is 13.9. The van der Waals surface area contributed by atoms with Crippen LogP contribution in [-0.4, -0.2) is 44.3 Å². The Morgan fingerprint density at radius 1 is 1.41 bits per heavy atom. The molecule has 1 saturated heterocycles. The molecule has 1 aliphatic rings. The molecule has 1 fully saturated rings. The average Bonchev–Trinajstić information content (AvgIpc) is 2.97. The highest BCUT2D eigenvalue weighted by Gasteiger charge is 2.17. The fourth-order valence-corrected chi connectivity index (χ4v) is 2.94. The van der Waals surface area contributed by atoms with Crippen LogP contribution >= 0.6 is 0 Å². The minimum Gasteiger partial charge on any atom is -0.496 e. The minimum atomic E-state index is -0.0679. The van der Waals surface area contributed by atoms with E-state index in [1.54, 1.807) is 19.1 Å². The van der Waals surface area contributed by atoms with Crippen molar-refractivity contribution in [3.8, 4) is 5.75 Å². The monoisotopic (exact) mass is 306 g/mol. The molecule has 0 aromatic heterocycles. The largest absolute Gasteiger partial charge is 0.496 e. The number of carbonyl (C=O) groups excluding carboxylic acids is 1. The van der Waals surface area contributed by atoms with Gasteiger partial charge in [0.2, 0.25) is 0 Å². The molecule has 5 nitrogen and oxygen atoms in total. The second-order valence-electron chi connectivity index (χ2n) is 5.94. The average molecular weight is 306 g/mol. The summed E-state index contributed by atoms with van der Waals surface area (Å²) >= 11 is 0. The molecule has 122 valence electrons. The van der Waals surface area contributed by atoms with E-state index in [0.29, 0.717) is 13.1 Å². The van der Waals surface area contributed by atoms with Crippen molar-refractivity contribution in [2.45, 2.75) is 39.3 Å². The van der Waals surface area contributed by atoms with E-state index < -0.39 is 0 Å². The summed E-state index contributed by atoms with van der Waals surface area (Å²) in [6, 6.07) is 4.06. The van der Waals surface area contributed by atoms with Gasteiger partial charge < -0.3 is 19.7 Å². The first-order valence-corrected chi connectivity index (χ1v) is 7.76. The van der Waals surface area contributed by atoms with Crippen molar-refractivity contribution < 1.29 is 14.3 Å². The number of urea groups is 1. The maximum absolute atomic E-state index is 12.1. The van der Waals surface area contributed by atoms with Crippen LogP contribution in [0.4, 0.5) is 4.79 Å². The van der Waals surface area contributed by atoms with Crippen LogP contribution in [0.15, 0.2) is 12.1 Å². The zero-order chi connectivity index (χ0) is 16.1. The number of amides is 2. The van der Waals surface area contributed by atoms with E-state index in [0.717, 1.165) is 41.9 Å². The van der Waals surface area contributed by atoms with Gasteiger partial charge in [-0.05, 0) is 43.4 Å². The van der Waals surface area contributed by atoms with Crippen LogP contribution in [0.5, 0.6) is 5.75 Å². The number of nitrogens with zero attached hydrogens (tertiary/aromatic N) is 1. The summed E-state index contributed by atoms with van der Waals surface area (Å²) in [6.07, 6.45) is 2.28. The number of ether oxygens (including phenoxy) is 2. The third-order valence-corrected chi connectivity index (χ3v) is 4.00. The van der Waals surface area contributed by atoms with Crippen LogP contribution in [0.25, 0.3) is 0 Å². The molecule has 0 bridgehead atoms. The van der Waals surface area contributed by atoms with Gasteiger partial charge >= 0.3 is 6.03 Å². The first-order chi connectivity index (χ1) is 10.5. The topological polar surface area (TPSA) is 50.8 Å². The zero-order valence-corrected chi connectivity index (χ0v) is 13.9. The van der Waals surface area contributed by atoms with Crippen LogP contribution < -0.4 is 10.1 Å². The second-order valence-corrected chi connectivity index (χ2v) is 5.94. The second kappa shape index (κ2) is 7.49. The molecule has 1 aromatic rings. The van der Waals surface area contributed by atoms with Crippen molar-refractivity contribution in [1.29, 1.82) is 0 Å². The number of hydrogen-bond acceptors (Lipinski definition) is 3. The van der Waals surface area contributed by atoms with Gasteiger partial charge in [0.05, 0.1) is 13.2 Å². The van der Waals surface area contributed by atoms with E-state index in [4.69, 9.17) is 9.47 Å². The van der Waals surface area contributed by atoms with Crippen molar-refractivity contribution >= 4 is 6.03 Å². The minimum absolute atomic E-state index is 0.0679. The third-order valence-electron chi connectivity index (χ3n) is 4.00. The Kier molecular flexibility index (Phi) is 5.66. The Balaban J connectivity index is 1.90. The number of hydrogen-bond donors (Lipinski definition) is 1. The summed E-state index contributed by atoms with van der Waals surface area (Å²) < 4.78 is 10.9. The molecule has 0 saturated carbocycles. The maximum atomic E-state index is 12.1. The molecule has 0 radical (unpaired) electrons. The number of benzene rings is 1. The van der Waals surface area contributed by atoms with Gasteiger partial charge in [-0.3, -0.25) is 0 Å². The Labute approximate surface area is 132 Å². The molecular formula is C17H26N2O3. The smallest absolute Gasteiger partial charge is 0.317 e. The number of nitrogens with one attached hydrogen (secondary N) is 1. The van der Waals surface area contributed by atoms with Crippen LogP contribution in [0.1, 0.15) is 29.5 Å². The van der Waals surface area contributed by atoms with Gasteiger partial charge in [0, 0.05) is 26.7 Å². The van der Waals surface area contributed by atoms with Crippen LogP contribution in [0, 0.1) is 13.8 Å². The number of rotatable bonds is 5. The van der Waals surface area contributed by atoms with Crippen molar-refractivity contribution in [1.82, 2.24) is 10.2 Å². The molecule has 2 rings (SSSR count). The van der Waals surface area contributed by atoms with Gasteiger partial charge in [-0.1, -0.05) is 12.1 Å². The lowest BCUT2D eigenvalue weighted by molar-refractivity contribution is 0.109. The van der Waals surface area contributed by atoms with Crippen molar-refractivity contribution in [2.24, 2.45) is 0 Å². The number of aryl methyl sites for hydroxylation is 2. The number of methoxy groups -OCH3 is 1. The molecule has 2 amide bonds. The fourth-order valence-electron chi connectivity index (χ4n) is 2.94. The Morgan fingerprint density at radius 2 is 2.09 bits per heavy atom. The van der Waals surface area contributed by atoms with Crippen molar-refractivity contribution in [2.75, 3.05) is 27.3 Å².